The van der Waals surface area contributed by atoms with Crippen LogP contribution in [-0.2, 0) is 10.8 Å². The van der Waals surface area contributed by atoms with Gasteiger partial charge in [-0.2, -0.15) is 9.97 Å². The third-order valence-electron chi connectivity index (χ3n) is 15.6. The van der Waals surface area contributed by atoms with Gasteiger partial charge in [-0.1, -0.05) is 296 Å². The summed E-state index contributed by atoms with van der Waals surface area (Å²) in [6.45, 7) is 13.9. The molecule has 0 spiro atoms. The molecule has 0 saturated carbocycles. The average molecular weight is 1030 g/mol. The first-order chi connectivity index (χ1) is 37.5. The maximum absolute atomic E-state index is 5.69. The second-order valence-corrected chi connectivity index (χ2v) is 30.0. The first-order valence-corrected chi connectivity index (χ1v) is 30.9. The summed E-state index contributed by atoms with van der Waals surface area (Å²) in [4.78, 5) is 17.0. The molecule has 12 rings (SSSR count). The number of para-hydroxylation sites is 1. The maximum atomic E-state index is 5.69. The van der Waals surface area contributed by atoms with Crippen LogP contribution in [0.1, 0.15) is 52.7 Å². The van der Waals surface area contributed by atoms with E-state index in [0.717, 1.165) is 22.2 Å². The van der Waals surface area contributed by atoms with Gasteiger partial charge >= 0.3 is 0 Å². The minimum atomic E-state index is -2.93. The van der Waals surface area contributed by atoms with Crippen LogP contribution in [-0.4, -0.2) is 35.7 Å². The standard InChI is InChI=1S/C71H62N4Si2/c1-70(2,3)53-49-63-62-45-25-26-46-65(62)75(66(63)64(50-53)71(4,5)6)69-73-67(51-29-27-43-60(47-51)76(54-31-13-7-14-32-54,55-33-15-8-16-34-55)56-35-17-9-18-36-56)72-68(74-69)52-30-28-44-61(48-52)77(57-37-19-10-20-38-57,58-39-21-11-22-40-58)59-41-23-12-24-42-59/h7-50H,1-6H3. The number of hydrogen-bond donors (Lipinski definition) is 0. The van der Waals surface area contributed by atoms with E-state index in [9.17, 15) is 0 Å². The highest BCUT2D eigenvalue weighted by molar-refractivity contribution is 7.20. The summed E-state index contributed by atoms with van der Waals surface area (Å²) in [5.41, 5.74) is 6.28. The van der Waals surface area contributed by atoms with Crippen molar-refractivity contribution in [2.75, 3.05) is 0 Å². The Hall–Kier alpha value is -8.56. The number of rotatable bonds is 11. The summed E-state index contributed by atoms with van der Waals surface area (Å²) in [5, 5.41) is 12.7. The lowest BCUT2D eigenvalue weighted by Gasteiger charge is -2.34. The molecular formula is C71H62N4Si2. The minimum Gasteiger partial charge on any atom is -0.277 e. The third-order valence-corrected chi connectivity index (χ3v) is 25.2. The van der Waals surface area contributed by atoms with Gasteiger partial charge in [0.15, 0.2) is 27.8 Å². The lowest BCUT2D eigenvalue weighted by atomic mass is 9.79. The summed E-state index contributed by atoms with van der Waals surface area (Å²) >= 11 is 0. The molecule has 2 heterocycles. The molecule has 0 fully saturated rings. The van der Waals surface area contributed by atoms with Gasteiger partial charge < -0.3 is 0 Å². The lowest BCUT2D eigenvalue weighted by molar-refractivity contribution is 0.572. The van der Waals surface area contributed by atoms with Gasteiger partial charge in [-0.25, -0.2) is 4.98 Å². The predicted octanol–water partition coefficient (Wildman–Crippen LogP) is 11.7. The van der Waals surface area contributed by atoms with E-state index in [1.165, 1.54) is 63.4 Å². The van der Waals surface area contributed by atoms with Crippen LogP contribution in [0.3, 0.4) is 0 Å². The molecule has 12 aromatic rings. The number of hydrogen-bond acceptors (Lipinski definition) is 3. The first-order valence-electron chi connectivity index (χ1n) is 26.9. The van der Waals surface area contributed by atoms with Gasteiger partial charge in [0.05, 0.1) is 11.0 Å². The Morgan fingerprint density at radius 2 is 0.662 bits per heavy atom. The SMILES string of the molecule is CC(C)(C)c1cc(C(C)(C)C)c2c(c1)c1ccccc1n2-c1nc(-c2cccc([Si](c3ccccc3)(c3ccccc3)c3ccccc3)c2)nc(-c2cccc([Si](c3ccccc3)(c3ccccc3)c3ccccc3)c2)n1. The highest BCUT2D eigenvalue weighted by Crippen LogP contribution is 2.41. The van der Waals surface area contributed by atoms with Crippen LogP contribution < -0.4 is 41.5 Å². The fourth-order valence-corrected chi connectivity index (χ4v) is 21.5. The van der Waals surface area contributed by atoms with Crippen LogP contribution >= 0.6 is 0 Å². The number of benzene rings is 10. The quantitative estimate of drug-likeness (QED) is 0.0958. The van der Waals surface area contributed by atoms with Crippen molar-refractivity contribution in [2.24, 2.45) is 0 Å². The lowest BCUT2D eigenvalue weighted by Crippen LogP contribution is -2.74. The molecular weight excluding hydrogens is 965 g/mol. The van der Waals surface area contributed by atoms with Gasteiger partial charge in [-0.15, -0.1) is 0 Å². The first kappa shape index (κ1) is 49.3. The van der Waals surface area contributed by atoms with Gasteiger partial charge in [0.2, 0.25) is 5.95 Å². The summed E-state index contributed by atoms with van der Waals surface area (Å²) in [7, 11) is -5.85. The summed E-state index contributed by atoms with van der Waals surface area (Å²) in [5.74, 6) is 1.81. The summed E-state index contributed by atoms with van der Waals surface area (Å²) in [6.07, 6.45) is 0. The Morgan fingerprint density at radius 3 is 1.03 bits per heavy atom. The molecule has 0 aliphatic rings. The molecule has 0 saturated heterocycles. The van der Waals surface area contributed by atoms with E-state index in [1.54, 1.807) is 0 Å². The zero-order valence-electron chi connectivity index (χ0n) is 44.7. The second-order valence-electron chi connectivity index (χ2n) is 22.4. The van der Waals surface area contributed by atoms with Gasteiger partial charge in [0, 0.05) is 21.9 Å². The molecule has 2 aromatic heterocycles. The fraction of sp³-hybridized carbons (Fsp3) is 0.113. The minimum absolute atomic E-state index is 0.0729. The molecule has 0 amide bonds. The molecule has 0 atom stereocenters. The van der Waals surface area contributed by atoms with E-state index in [4.69, 9.17) is 15.0 Å². The Balaban J connectivity index is 1.17. The Bertz CT molecular complexity index is 3650. The van der Waals surface area contributed by atoms with Crippen LogP contribution in [0.4, 0.5) is 0 Å². The van der Waals surface area contributed by atoms with E-state index >= 15 is 0 Å². The van der Waals surface area contributed by atoms with Crippen LogP contribution in [0.25, 0.3) is 50.5 Å². The average Bonchev–Trinajstić information content (AvgIpc) is 3.85. The highest BCUT2D eigenvalue weighted by Gasteiger charge is 2.43. The Labute approximate surface area is 455 Å². The third kappa shape index (κ3) is 8.68. The largest absolute Gasteiger partial charge is 0.277 e. The van der Waals surface area contributed by atoms with E-state index < -0.39 is 16.1 Å². The van der Waals surface area contributed by atoms with Crippen LogP contribution in [0.5, 0.6) is 0 Å². The molecule has 77 heavy (non-hydrogen) atoms. The molecule has 0 N–H and O–H groups in total. The molecule has 0 unspecified atom stereocenters. The Morgan fingerprint density at radius 1 is 0.312 bits per heavy atom. The van der Waals surface area contributed by atoms with Gasteiger partial charge in [0.25, 0.3) is 0 Å². The van der Waals surface area contributed by atoms with Gasteiger partial charge in [-0.05, 0) is 75.6 Å². The molecule has 0 aliphatic carbocycles. The van der Waals surface area contributed by atoms with Crippen molar-refractivity contribution in [3.05, 3.63) is 278 Å². The van der Waals surface area contributed by atoms with Crippen molar-refractivity contribution in [1.82, 2.24) is 19.5 Å². The van der Waals surface area contributed by atoms with Crippen LogP contribution in [0, 0.1) is 0 Å². The smallest absolute Gasteiger partial charge is 0.238 e. The van der Waals surface area contributed by atoms with E-state index in [2.05, 4.69) is 313 Å². The van der Waals surface area contributed by atoms with Crippen molar-refractivity contribution in [3.63, 3.8) is 0 Å². The predicted molar refractivity (Wildman–Crippen MR) is 330 cm³/mol. The fourth-order valence-electron chi connectivity index (χ4n) is 11.9. The molecule has 10 aromatic carbocycles. The van der Waals surface area contributed by atoms with E-state index in [1.807, 2.05) is 0 Å². The van der Waals surface area contributed by atoms with E-state index in [0.29, 0.717) is 17.6 Å². The van der Waals surface area contributed by atoms with Crippen LogP contribution in [0.15, 0.2) is 267 Å². The van der Waals surface area contributed by atoms with Crippen molar-refractivity contribution in [1.29, 1.82) is 0 Å². The van der Waals surface area contributed by atoms with Crippen molar-refractivity contribution >= 4 is 79.4 Å². The van der Waals surface area contributed by atoms with Gasteiger partial charge in [0.1, 0.15) is 0 Å². The van der Waals surface area contributed by atoms with Crippen molar-refractivity contribution in [2.45, 2.75) is 52.4 Å². The topological polar surface area (TPSA) is 43.6 Å². The normalized spacial score (nSPS) is 12.3. The Kier molecular flexibility index (Phi) is 12.7. The monoisotopic (exact) mass is 1030 g/mol. The second kappa shape index (κ2) is 19.9. The van der Waals surface area contributed by atoms with Crippen molar-refractivity contribution < 1.29 is 0 Å². The molecule has 0 aliphatic heterocycles. The number of aromatic nitrogens is 4. The number of fused-ring (bicyclic) bond motifs is 3. The van der Waals surface area contributed by atoms with E-state index in [-0.39, 0.29) is 10.8 Å². The zero-order valence-corrected chi connectivity index (χ0v) is 46.7. The molecule has 0 bridgehead atoms. The van der Waals surface area contributed by atoms with Crippen LogP contribution in [0.2, 0.25) is 0 Å². The summed E-state index contributed by atoms with van der Waals surface area (Å²) in [6, 6.07) is 98.4. The maximum Gasteiger partial charge on any atom is 0.238 e. The molecule has 4 nitrogen and oxygen atoms in total. The summed E-state index contributed by atoms with van der Waals surface area (Å²) < 4.78 is 2.33. The number of nitrogens with zero attached hydrogens (tertiary/aromatic N) is 4. The highest BCUT2D eigenvalue weighted by atomic mass is 28.3. The molecule has 0 radical (unpaired) electrons. The van der Waals surface area contributed by atoms with Gasteiger partial charge in [-0.3, -0.25) is 4.57 Å². The van der Waals surface area contributed by atoms with Crippen molar-refractivity contribution in [3.8, 4) is 28.7 Å². The molecule has 374 valence electrons. The molecule has 6 heteroatoms. The zero-order chi connectivity index (χ0) is 52.8.